The minimum Gasteiger partial charge on any atom is -0.504 e. The van der Waals surface area contributed by atoms with Crippen LogP contribution < -0.4 is 10.2 Å². The number of carbonyl (C=O) groups excluding carboxylic acids is 1. The molecule has 3 aromatic rings. The van der Waals surface area contributed by atoms with Crippen LogP contribution in [0.3, 0.4) is 0 Å². The summed E-state index contributed by atoms with van der Waals surface area (Å²) in [5.41, 5.74) is 3.89. The van der Waals surface area contributed by atoms with E-state index in [4.69, 9.17) is 5.11 Å². The summed E-state index contributed by atoms with van der Waals surface area (Å²) in [6.07, 6.45) is 4.10. The van der Waals surface area contributed by atoms with Gasteiger partial charge in [0.1, 0.15) is 12.4 Å². The number of aryl methyl sites for hydroxylation is 1. The maximum absolute atomic E-state index is 12.3. The zero-order valence-electron chi connectivity index (χ0n) is 20.0. The molecule has 1 fully saturated rings. The molecule has 1 aromatic carbocycles. The molecule has 0 radical (unpaired) electrons. The Bertz CT molecular complexity index is 1220. The topological polar surface area (TPSA) is 149 Å². The SMILES string of the molecule is Cc1nc(CC2CCN(c3ccc(-c4ccc(CO)cn4)cc3)CC2)nc(C(=O)NCC(=O)O)c1O. The van der Waals surface area contributed by atoms with Crippen molar-refractivity contribution >= 4 is 17.6 Å². The number of carboxylic acids is 1. The van der Waals surface area contributed by atoms with Crippen LogP contribution in [0.5, 0.6) is 5.75 Å². The summed E-state index contributed by atoms with van der Waals surface area (Å²) in [5.74, 6) is -1.45. The summed E-state index contributed by atoms with van der Waals surface area (Å²) >= 11 is 0. The van der Waals surface area contributed by atoms with Gasteiger partial charge in [-0.25, -0.2) is 9.97 Å². The van der Waals surface area contributed by atoms with E-state index >= 15 is 0 Å². The summed E-state index contributed by atoms with van der Waals surface area (Å²) in [6, 6.07) is 12.0. The fourth-order valence-electron chi connectivity index (χ4n) is 4.30. The quantitative estimate of drug-likeness (QED) is 0.372. The number of aliphatic hydroxyl groups is 1. The molecule has 10 nitrogen and oxygen atoms in total. The summed E-state index contributed by atoms with van der Waals surface area (Å²) in [6.45, 7) is 2.76. The molecule has 188 valence electrons. The van der Waals surface area contributed by atoms with E-state index < -0.39 is 18.4 Å². The Kier molecular flexibility index (Phi) is 7.74. The number of carbonyl (C=O) groups is 2. The molecule has 1 amide bonds. The monoisotopic (exact) mass is 491 g/mol. The first kappa shape index (κ1) is 25.1. The van der Waals surface area contributed by atoms with E-state index in [0.29, 0.717) is 23.9 Å². The van der Waals surface area contributed by atoms with Crippen molar-refractivity contribution in [1.29, 1.82) is 0 Å². The maximum Gasteiger partial charge on any atom is 0.322 e. The van der Waals surface area contributed by atoms with Crippen LogP contribution in [0.25, 0.3) is 11.3 Å². The largest absolute Gasteiger partial charge is 0.504 e. The number of anilines is 1. The molecule has 0 atom stereocenters. The van der Waals surface area contributed by atoms with Gasteiger partial charge in [-0.3, -0.25) is 14.6 Å². The standard InChI is InChI=1S/C26H29N5O5/c1-16-25(35)24(26(36)28-14-23(33)34)30-22(29-16)12-17-8-10-31(11-9-17)20-5-3-19(4-6-20)21-7-2-18(15-32)13-27-21/h2-7,13,17,32,35H,8-12,14-15H2,1H3,(H,28,36)(H,33,34). The van der Waals surface area contributed by atoms with Crippen LogP contribution in [0, 0.1) is 12.8 Å². The number of pyridine rings is 1. The van der Waals surface area contributed by atoms with Crippen molar-refractivity contribution in [3.05, 3.63) is 65.4 Å². The number of aromatic hydroxyl groups is 1. The summed E-state index contributed by atoms with van der Waals surface area (Å²) in [4.78, 5) is 38.3. The van der Waals surface area contributed by atoms with Crippen molar-refractivity contribution in [3.8, 4) is 17.0 Å². The van der Waals surface area contributed by atoms with Crippen LogP contribution in [0.4, 0.5) is 5.69 Å². The maximum atomic E-state index is 12.3. The van der Waals surface area contributed by atoms with Gasteiger partial charge in [0, 0.05) is 37.0 Å². The molecule has 2 aromatic heterocycles. The molecule has 0 spiro atoms. The van der Waals surface area contributed by atoms with Crippen LogP contribution in [0.1, 0.15) is 40.4 Å². The zero-order chi connectivity index (χ0) is 25.7. The molecule has 0 unspecified atom stereocenters. The zero-order valence-corrected chi connectivity index (χ0v) is 20.0. The van der Waals surface area contributed by atoms with Gasteiger partial charge in [-0.1, -0.05) is 18.2 Å². The van der Waals surface area contributed by atoms with Crippen LogP contribution >= 0.6 is 0 Å². The lowest BCUT2D eigenvalue weighted by Crippen LogP contribution is -2.34. The highest BCUT2D eigenvalue weighted by Crippen LogP contribution is 2.28. The highest BCUT2D eigenvalue weighted by Gasteiger charge is 2.23. The fourth-order valence-corrected chi connectivity index (χ4v) is 4.30. The van der Waals surface area contributed by atoms with Crippen LogP contribution in [-0.4, -0.2) is 61.8 Å². The van der Waals surface area contributed by atoms with Gasteiger partial charge in [0.15, 0.2) is 11.4 Å². The Morgan fingerprint density at radius 1 is 1.08 bits per heavy atom. The van der Waals surface area contributed by atoms with Gasteiger partial charge in [0.25, 0.3) is 5.91 Å². The van der Waals surface area contributed by atoms with Crippen molar-refractivity contribution < 1.29 is 24.9 Å². The number of aromatic nitrogens is 3. The molecular formula is C26H29N5O5. The van der Waals surface area contributed by atoms with Crippen molar-refractivity contribution in [3.63, 3.8) is 0 Å². The number of amides is 1. The fraction of sp³-hybridized carbons (Fsp3) is 0.346. The van der Waals surface area contributed by atoms with Gasteiger partial charge >= 0.3 is 5.97 Å². The van der Waals surface area contributed by atoms with E-state index in [9.17, 15) is 19.8 Å². The van der Waals surface area contributed by atoms with Crippen molar-refractivity contribution in [1.82, 2.24) is 20.3 Å². The van der Waals surface area contributed by atoms with E-state index in [0.717, 1.165) is 48.4 Å². The summed E-state index contributed by atoms with van der Waals surface area (Å²) < 4.78 is 0. The van der Waals surface area contributed by atoms with Crippen molar-refractivity contribution in [2.24, 2.45) is 5.92 Å². The Labute approximate surface area is 208 Å². The second-order valence-electron chi connectivity index (χ2n) is 8.89. The number of piperidine rings is 1. The molecule has 1 saturated heterocycles. The third-order valence-electron chi connectivity index (χ3n) is 6.34. The average molecular weight is 492 g/mol. The van der Waals surface area contributed by atoms with Crippen molar-refractivity contribution in [2.45, 2.75) is 32.8 Å². The number of nitrogens with one attached hydrogen (secondary N) is 1. The smallest absolute Gasteiger partial charge is 0.322 e. The third kappa shape index (κ3) is 5.95. The van der Waals surface area contributed by atoms with Gasteiger partial charge in [-0.05, 0) is 49.4 Å². The van der Waals surface area contributed by atoms with E-state index in [1.54, 1.807) is 13.1 Å². The predicted octanol–water partition coefficient (Wildman–Crippen LogP) is 2.32. The van der Waals surface area contributed by atoms with E-state index in [2.05, 4.69) is 37.3 Å². The second kappa shape index (κ2) is 11.1. The van der Waals surface area contributed by atoms with Crippen molar-refractivity contribution in [2.75, 3.05) is 24.5 Å². The molecule has 0 saturated carbocycles. The van der Waals surface area contributed by atoms with Gasteiger partial charge in [-0.15, -0.1) is 0 Å². The van der Waals surface area contributed by atoms with Gasteiger partial charge in [-0.2, -0.15) is 0 Å². The molecule has 1 aliphatic rings. The normalized spacial score (nSPS) is 14.0. The second-order valence-corrected chi connectivity index (χ2v) is 8.89. The number of hydrogen-bond acceptors (Lipinski definition) is 8. The van der Waals surface area contributed by atoms with Crippen LogP contribution in [0.15, 0.2) is 42.6 Å². The van der Waals surface area contributed by atoms with Gasteiger partial charge < -0.3 is 25.5 Å². The highest BCUT2D eigenvalue weighted by atomic mass is 16.4. The summed E-state index contributed by atoms with van der Waals surface area (Å²) in [7, 11) is 0. The molecular weight excluding hydrogens is 462 g/mol. The molecule has 10 heteroatoms. The number of hydrogen-bond donors (Lipinski definition) is 4. The third-order valence-corrected chi connectivity index (χ3v) is 6.34. The minimum absolute atomic E-state index is 0.0239. The summed E-state index contributed by atoms with van der Waals surface area (Å²) in [5, 5.41) is 30.4. The Morgan fingerprint density at radius 3 is 2.42 bits per heavy atom. The first-order chi connectivity index (χ1) is 17.3. The van der Waals surface area contributed by atoms with Gasteiger partial charge in [0.2, 0.25) is 0 Å². The lowest BCUT2D eigenvalue weighted by Gasteiger charge is -2.33. The molecule has 3 heterocycles. The molecule has 36 heavy (non-hydrogen) atoms. The predicted molar refractivity (Wildman–Crippen MR) is 133 cm³/mol. The number of aliphatic hydroxyl groups excluding tert-OH is 1. The lowest BCUT2D eigenvalue weighted by molar-refractivity contribution is -0.135. The van der Waals surface area contributed by atoms with Crippen LogP contribution in [0.2, 0.25) is 0 Å². The number of aliphatic carboxylic acids is 1. The minimum atomic E-state index is -1.18. The first-order valence-corrected chi connectivity index (χ1v) is 11.8. The van der Waals surface area contributed by atoms with Crippen LogP contribution in [-0.2, 0) is 17.8 Å². The molecule has 4 N–H and O–H groups in total. The Hall–Kier alpha value is -4.05. The van der Waals surface area contributed by atoms with E-state index in [1.165, 1.54) is 0 Å². The molecule has 0 bridgehead atoms. The number of nitrogens with zero attached hydrogens (tertiary/aromatic N) is 4. The molecule has 1 aliphatic heterocycles. The Balaban J connectivity index is 1.36. The van der Waals surface area contributed by atoms with E-state index in [1.807, 2.05) is 24.3 Å². The Morgan fingerprint density at radius 2 is 1.81 bits per heavy atom. The van der Waals surface area contributed by atoms with E-state index in [-0.39, 0.29) is 18.1 Å². The lowest BCUT2D eigenvalue weighted by atomic mass is 9.92. The molecule has 4 rings (SSSR count). The first-order valence-electron chi connectivity index (χ1n) is 11.8. The molecule has 0 aliphatic carbocycles. The number of rotatable bonds is 8. The number of carboxylic acid groups (broad SMARTS) is 1. The highest BCUT2D eigenvalue weighted by molar-refractivity contribution is 5.96. The number of benzene rings is 1. The average Bonchev–Trinajstić information content (AvgIpc) is 2.90. The van der Waals surface area contributed by atoms with Gasteiger partial charge in [0.05, 0.1) is 18.0 Å².